The van der Waals surface area contributed by atoms with Crippen molar-refractivity contribution in [2.45, 2.75) is 39.5 Å². The van der Waals surface area contributed by atoms with Gasteiger partial charge in [-0.1, -0.05) is 13.3 Å². The van der Waals surface area contributed by atoms with Crippen LogP contribution in [0.2, 0.25) is 0 Å². The fourth-order valence-corrected chi connectivity index (χ4v) is 2.50. The van der Waals surface area contributed by atoms with Gasteiger partial charge in [-0.05, 0) is 55.4 Å². The van der Waals surface area contributed by atoms with E-state index in [0.717, 1.165) is 18.5 Å². The predicted molar refractivity (Wildman–Crippen MR) is 71.8 cm³/mol. The predicted octanol–water partition coefficient (Wildman–Crippen LogP) is 3.01. The number of aromatic hydroxyl groups is 1. The van der Waals surface area contributed by atoms with Gasteiger partial charge >= 0.3 is 0 Å². The molecule has 0 aliphatic heterocycles. The maximum absolute atomic E-state index is 12.0. The Morgan fingerprint density at radius 3 is 2.67 bits per heavy atom. The van der Waals surface area contributed by atoms with Crippen molar-refractivity contribution in [1.29, 1.82) is 0 Å². The molecule has 2 rings (SSSR count). The van der Waals surface area contributed by atoms with Crippen molar-refractivity contribution in [3.63, 3.8) is 0 Å². The Kier molecular flexibility index (Phi) is 3.60. The highest BCUT2D eigenvalue weighted by atomic mass is 16.3. The molecular formula is C15H21NO2. The first kappa shape index (κ1) is 12.9. The number of phenolic OH excluding ortho intramolecular Hbond substituents is 1. The summed E-state index contributed by atoms with van der Waals surface area (Å²) in [4.78, 5) is 12.0. The van der Waals surface area contributed by atoms with Crippen LogP contribution in [0.15, 0.2) is 18.2 Å². The normalized spacial score (nSPS) is 17.0. The minimum absolute atomic E-state index is 0.0437. The molecule has 0 bridgehead atoms. The molecule has 0 unspecified atom stereocenters. The molecule has 18 heavy (non-hydrogen) atoms. The monoisotopic (exact) mass is 247 g/mol. The zero-order valence-electron chi connectivity index (χ0n) is 11.1. The highest BCUT2D eigenvalue weighted by molar-refractivity contribution is 5.94. The summed E-state index contributed by atoms with van der Waals surface area (Å²) in [6, 6.07) is 4.96. The lowest BCUT2D eigenvalue weighted by molar-refractivity contribution is 0.0850. The molecule has 0 atom stereocenters. The van der Waals surface area contributed by atoms with E-state index in [2.05, 4.69) is 12.2 Å². The number of aryl methyl sites for hydroxylation is 1. The summed E-state index contributed by atoms with van der Waals surface area (Å²) >= 11 is 0. The number of hydrogen-bond donors (Lipinski definition) is 2. The van der Waals surface area contributed by atoms with Crippen LogP contribution in [0.4, 0.5) is 0 Å². The van der Waals surface area contributed by atoms with Crippen molar-refractivity contribution in [2.75, 3.05) is 6.54 Å². The molecule has 1 amide bonds. The minimum atomic E-state index is -0.0437. The van der Waals surface area contributed by atoms with E-state index in [0.29, 0.717) is 11.0 Å². The van der Waals surface area contributed by atoms with Gasteiger partial charge in [-0.3, -0.25) is 4.79 Å². The van der Waals surface area contributed by atoms with Gasteiger partial charge in [0.1, 0.15) is 5.75 Å². The minimum Gasteiger partial charge on any atom is -0.508 e. The quantitative estimate of drug-likeness (QED) is 0.859. The van der Waals surface area contributed by atoms with Crippen LogP contribution in [-0.2, 0) is 0 Å². The maximum atomic E-state index is 12.0. The number of carbonyl (C=O) groups is 1. The first-order chi connectivity index (χ1) is 8.56. The van der Waals surface area contributed by atoms with Gasteiger partial charge in [-0.15, -0.1) is 0 Å². The van der Waals surface area contributed by atoms with Crippen LogP contribution in [0.5, 0.6) is 5.75 Å². The number of rotatable bonds is 4. The summed E-state index contributed by atoms with van der Waals surface area (Å²) in [5, 5.41) is 12.5. The largest absolute Gasteiger partial charge is 0.508 e. The average molecular weight is 247 g/mol. The maximum Gasteiger partial charge on any atom is 0.251 e. The van der Waals surface area contributed by atoms with Crippen LogP contribution in [0.1, 0.15) is 48.5 Å². The molecule has 1 fully saturated rings. The molecule has 1 aliphatic carbocycles. The molecule has 1 aliphatic rings. The van der Waals surface area contributed by atoms with Crippen LogP contribution in [0, 0.1) is 12.3 Å². The van der Waals surface area contributed by atoms with Gasteiger partial charge in [0.15, 0.2) is 0 Å². The zero-order chi connectivity index (χ0) is 13.2. The van der Waals surface area contributed by atoms with E-state index in [4.69, 9.17) is 0 Å². The fourth-order valence-electron chi connectivity index (χ4n) is 2.50. The van der Waals surface area contributed by atoms with Gasteiger partial charge in [0.05, 0.1) is 0 Å². The molecule has 0 aromatic heterocycles. The van der Waals surface area contributed by atoms with E-state index in [9.17, 15) is 9.90 Å². The lowest BCUT2D eigenvalue weighted by Crippen LogP contribution is -2.41. The Morgan fingerprint density at radius 2 is 2.17 bits per heavy atom. The Morgan fingerprint density at radius 1 is 1.44 bits per heavy atom. The molecule has 98 valence electrons. The first-order valence-electron chi connectivity index (χ1n) is 6.64. The lowest BCUT2D eigenvalue weighted by Gasteiger charge is -2.41. The Balaban J connectivity index is 1.97. The molecule has 0 saturated heterocycles. The number of carbonyl (C=O) groups excluding carboxylic acids is 1. The van der Waals surface area contributed by atoms with Gasteiger partial charge in [0.2, 0.25) is 0 Å². The zero-order valence-corrected chi connectivity index (χ0v) is 11.1. The van der Waals surface area contributed by atoms with Gasteiger partial charge in [0, 0.05) is 12.1 Å². The summed E-state index contributed by atoms with van der Waals surface area (Å²) in [6.07, 6.45) is 4.85. The molecule has 1 aromatic rings. The molecular weight excluding hydrogens is 226 g/mol. The average Bonchev–Trinajstić information content (AvgIpc) is 2.31. The summed E-state index contributed by atoms with van der Waals surface area (Å²) in [5.74, 6) is 0.188. The number of amides is 1. The van der Waals surface area contributed by atoms with E-state index in [-0.39, 0.29) is 11.7 Å². The van der Waals surface area contributed by atoms with Crippen molar-refractivity contribution in [2.24, 2.45) is 5.41 Å². The van der Waals surface area contributed by atoms with Crippen LogP contribution in [-0.4, -0.2) is 17.6 Å². The summed E-state index contributed by atoms with van der Waals surface area (Å²) < 4.78 is 0. The second-order valence-corrected chi connectivity index (χ2v) is 5.39. The van der Waals surface area contributed by atoms with Gasteiger partial charge in [-0.25, -0.2) is 0 Å². The Labute approximate surface area is 108 Å². The number of phenols is 1. The van der Waals surface area contributed by atoms with E-state index in [1.165, 1.54) is 19.3 Å². The van der Waals surface area contributed by atoms with Crippen LogP contribution >= 0.6 is 0 Å². The number of nitrogens with one attached hydrogen (secondary N) is 1. The Bertz CT molecular complexity index is 444. The topological polar surface area (TPSA) is 49.3 Å². The molecule has 3 heteroatoms. The summed E-state index contributed by atoms with van der Waals surface area (Å²) in [5.41, 5.74) is 1.69. The summed E-state index contributed by atoms with van der Waals surface area (Å²) in [6.45, 7) is 4.75. The van der Waals surface area contributed by atoms with Crippen molar-refractivity contribution in [1.82, 2.24) is 5.32 Å². The van der Waals surface area contributed by atoms with Crippen LogP contribution in [0.25, 0.3) is 0 Å². The molecule has 1 aromatic carbocycles. The van der Waals surface area contributed by atoms with Crippen molar-refractivity contribution < 1.29 is 9.90 Å². The van der Waals surface area contributed by atoms with E-state index < -0.39 is 0 Å². The second-order valence-electron chi connectivity index (χ2n) is 5.39. The molecule has 0 spiro atoms. The molecule has 1 saturated carbocycles. The molecule has 0 heterocycles. The van der Waals surface area contributed by atoms with Gasteiger partial charge in [-0.2, -0.15) is 0 Å². The van der Waals surface area contributed by atoms with Crippen molar-refractivity contribution in [3.05, 3.63) is 29.3 Å². The fraction of sp³-hybridized carbons (Fsp3) is 0.533. The highest BCUT2D eigenvalue weighted by Gasteiger charge is 2.35. The third-order valence-corrected chi connectivity index (χ3v) is 4.25. The standard InChI is InChI=1S/C15H21NO2/c1-3-15(7-4-8-15)10-16-14(18)12-5-6-13(17)11(2)9-12/h5-6,9,17H,3-4,7-8,10H2,1-2H3,(H,16,18). The number of benzene rings is 1. The summed E-state index contributed by atoms with van der Waals surface area (Å²) in [7, 11) is 0. The SMILES string of the molecule is CCC1(CNC(=O)c2ccc(O)c(C)c2)CCC1. The van der Waals surface area contributed by atoms with Gasteiger partial charge < -0.3 is 10.4 Å². The van der Waals surface area contributed by atoms with E-state index in [1.54, 1.807) is 25.1 Å². The third-order valence-electron chi connectivity index (χ3n) is 4.25. The molecule has 0 radical (unpaired) electrons. The first-order valence-corrected chi connectivity index (χ1v) is 6.64. The smallest absolute Gasteiger partial charge is 0.251 e. The van der Waals surface area contributed by atoms with E-state index in [1.807, 2.05) is 0 Å². The van der Waals surface area contributed by atoms with Crippen LogP contribution in [0.3, 0.4) is 0 Å². The lowest BCUT2D eigenvalue weighted by atomic mass is 9.67. The van der Waals surface area contributed by atoms with Gasteiger partial charge in [0.25, 0.3) is 5.91 Å². The van der Waals surface area contributed by atoms with Crippen molar-refractivity contribution >= 4 is 5.91 Å². The number of hydrogen-bond acceptors (Lipinski definition) is 2. The van der Waals surface area contributed by atoms with Crippen LogP contribution < -0.4 is 5.32 Å². The van der Waals surface area contributed by atoms with Crippen molar-refractivity contribution in [3.8, 4) is 5.75 Å². The Hall–Kier alpha value is -1.51. The third kappa shape index (κ3) is 2.50. The second kappa shape index (κ2) is 5.01. The van der Waals surface area contributed by atoms with E-state index >= 15 is 0 Å². The molecule has 3 nitrogen and oxygen atoms in total. The highest BCUT2D eigenvalue weighted by Crippen LogP contribution is 2.43. The molecule has 2 N–H and O–H groups in total.